The van der Waals surface area contributed by atoms with Gasteiger partial charge in [0.15, 0.2) is 11.5 Å². The Morgan fingerprint density at radius 3 is 2.36 bits per heavy atom. The van der Waals surface area contributed by atoms with Crippen molar-refractivity contribution in [1.29, 1.82) is 0 Å². The Kier molecular flexibility index (Phi) is 6.16. The van der Waals surface area contributed by atoms with Crippen LogP contribution in [0.2, 0.25) is 0 Å². The zero-order chi connectivity index (χ0) is 17.3. The number of hydrogen-bond acceptors (Lipinski definition) is 4. The zero-order valence-corrected chi connectivity index (χ0v) is 15.6. The van der Waals surface area contributed by atoms with Crippen LogP contribution in [0.15, 0.2) is 41.3 Å². The van der Waals surface area contributed by atoms with E-state index in [9.17, 15) is 23.4 Å². The first-order valence-electron chi connectivity index (χ1n) is 7.53. The summed E-state index contributed by atoms with van der Waals surface area (Å²) in [6.07, 6.45) is 1.94. The van der Waals surface area contributed by atoms with Gasteiger partial charge in [-0.3, -0.25) is 0 Å². The number of halogens is 4. The highest BCUT2D eigenvalue weighted by atomic mass is 79.9. The van der Waals surface area contributed by atoms with Crippen molar-refractivity contribution in [3.63, 3.8) is 0 Å². The number of phenols is 2. The van der Waals surface area contributed by atoms with Gasteiger partial charge < -0.3 is 15.1 Å². The van der Waals surface area contributed by atoms with Gasteiger partial charge in [-0.1, -0.05) is 18.2 Å². The van der Waals surface area contributed by atoms with E-state index in [2.05, 4.69) is 0 Å². The number of fused-ring (bicyclic) bond motifs is 1. The minimum absolute atomic E-state index is 0. The van der Waals surface area contributed by atoms with Gasteiger partial charge in [-0.2, -0.15) is 13.2 Å². The van der Waals surface area contributed by atoms with E-state index >= 15 is 0 Å². The SMILES string of the molecule is Br.Oc1cc2c(c(SC(F)(F)F)c1O)CCCCN2c1ccccc1. The second-order valence-electron chi connectivity index (χ2n) is 5.56. The van der Waals surface area contributed by atoms with Crippen LogP contribution >= 0.6 is 28.7 Å². The summed E-state index contributed by atoms with van der Waals surface area (Å²) in [6.45, 7) is 0.636. The van der Waals surface area contributed by atoms with Gasteiger partial charge in [0, 0.05) is 24.0 Å². The molecule has 1 aliphatic heterocycles. The lowest BCUT2D eigenvalue weighted by atomic mass is 10.1. The van der Waals surface area contributed by atoms with Gasteiger partial charge in [-0.15, -0.1) is 17.0 Å². The highest BCUT2D eigenvalue weighted by Crippen LogP contribution is 2.51. The van der Waals surface area contributed by atoms with Gasteiger partial charge in [0.2, 0.25) is 0 Å². The molecule has 0 atom stereocenters. The van der Waals surface area contributed by atoms with Crippen LogP contribution in [0.1, 0.15) is 18.4 Å². The van der Waals surface area contributed by atoms with E-state index in [-0.39, 0.29) is 33.6 Å². The van der Waals surface area contributed by atoms with E-state index in [4.69, 9.17) is 0 Å². The van der Waals surface area contributed by atoms with Crippen LogP contribution in [0.4, 0.5) is 24.5 Å². The van der Waals surface area contributed by atoms with Crippen molar-refractivity contribution in [2.75, 3.05) is 11.4 Å². The number of phenolic OH excluding ortho intramolecular Hbond substituents is 2. The molecule has 2 aromatic rings. The maximum absolute atomic E-state index is 12.9. The number of nitrogens with zero attached hydrogens (tertiary/aromatic N) is 1. The molecule has 0 aliphatic carbocycles. The van der Waals surface area contributed by atoms with Crippen LogP contribution in [0.25, 0.3) is 0 Å². The van der Waals surface area contributed by atoms with E-state index in [1.165, 1.54) is 6.07 Å². The third kappa shape index (κ3) is 4.36. The molecule has 3 nitrogen and oxygen atoms in total. The van der Waals surface area contributed by atoms with Crippen LogP contribution in [0.5, 0.6) is 11.5 Å². The molecular formula is C17H17BrF3NO2S. The summed E-state index contributed by atoms with van der Waals surface area (Å²) in [5, 5.41) is 19.9. The number of aromatic hydroxyl groups is 2. The number of anilines is 2. The van der Waals surface area contributed by atoms with E-state index in [0.717, 1.165) is 12.1 Å². The lowest BCUT2D eigenvalue weighted by Gasteiger charge is -2.27. The van der Waals surface area contributed by atoms with Crippen molar-refractivity contribution < 1.29 is 23.4 Å². The number of benzene rings is 2. The fraction of sp³-hybridized carbons (Fsp3) is 0.294. The number of alkyl halides is 3. The first-order chi connectivity index (χ1) is 11.4. The maximum Gasteiger partial charge on any atom is 0.446 e. The Balaban J connectivity index is 0.00000225. The largest absolute Gasteiger partial charge is 0.504 e. The molecule has 0 spiro atoms. The average Bonchev–Trinajstić information content (AvgIpc) is 2.74. The number of hydrogen-bond donors (Lipinski definition) is 2. The van der Waals surface area contributed by atoms with Crippen LogP contribution < -0.4 is 4.90 Å². The molecule has 8 heteroatoms. The first kappa shape index (κ1) is 19.8. The first-order valence-corrected chi connectivity index (χ1v) is 8.34. The molecule has 1 aliphatic rings. The third-order valence-electron chi connectivity index (χ3n) is 3.95. The lowest BCUT2D eigenvalue weighted by Crippen LogP contribution is -2.18. The van der Waals surface area contributed by atoms with Crippen molar-refractivity contribution in [2.24, 2.45) is 0 Å². The molecule has 0 saturated carbocycles. The summed E-state index contributed by atoms with van der Waals surface area (Å²) in [6, 6.07) is 10.7. The molecule has 0 radical (unpaired) electrons. The number of rotatable bonds is 2. The molecule has 0 fully saturated rings. The molecule has 0 saturated heterocycles. The lowest BCUT2D eigenvalue weighted by molar-refractivity contribution is -0.0329. The van der Waals surface area contributed by atoms with Crippen molar-refractivity contribution in [3.05, 3.63) is 42.0 Å². The smallest absolute Gasteiger partial charge is 0.446 e. The molecule has 3 rings (SSSR count). The molecule has 0 aromatic heterocycles. The van der Waals surface area contributed by atoms with Crippen molar-refractivity contribution >= 4 is 40.1 Å². The maximum atomic E-state index is 12.9. The van der Waals surface area contributed by atoms with Crippen molar-refractivity contribution in [2.45, 2.75) is 29.7 Å². The van der Waals surface area contributed by atoms with E-state index in [0.29, 0.717) is 30.6 Å². The second kappa shape index (κ2) is 7.78. The number of thioether (sulfide) groups is 1. The molecule has 136 valence electrons. The average molecular weight is 436 g/mol. The van der Waals surface area contributed by atoms with Gasteiger partial charge in [-0.05, 0) is 48.7 Å². The fourth-order valence-corrected chi connectivity index (χ4v) is 3.70. The summed E-state index contributed by atoms with van der Waals surface area (Å²) >= 11 is -0.374. The Bertz CT molecular complexity index is 741. The summed E-state index contributed by atoms with van der Waals surface area (Å²) in [4.78, 5) is 1.59. The van der Waals surface area contributed by atoms with Crippen LogP contribution in [-0.2, 0) is 6.42 Å². The highest BCUT2D eigenvalue weighted by Gasteiger charge is 2.35. The predicted octanol–water partition coefficient (Wildman–Crippen LogP) is 5.76. The minimum Gasteiger partial charge on any atom is -0.504 e. The Labute approximate surface area is 158 Å². The molecule has 2 N–H and O–H groups in total. The van der Waals surface area contributed by atoms with E-state index in [1.807, 2.05) is 35.2 Å². The van der Waals surface area contributed by atoms with Gasteiger partial charge in [0.1, 0.15) is 0 Å². The Morgan fingerprint density at radius 2 is 1.72 bits per heavy atom. The summed E-state index contributed by atoms with van der Waals surface area (Å²) in [5.74, 6) is -1.24. The molecule has 1 heterocycles. The van der Waals surface area contributed by atoms with Gasteiger partial charge in [-0.25, -0.2) is 0 Å². The van der Waals surface area contributed by atoms with Gasteiger partial charge in [0.25, 0.3) is 0 Å². The van der Waals surface area contributed by atoms with Gasteiger partial charge >= 0.3 is 5.51 Å². The standard InChI is InChI=1S/C17H16F3NO2S.BrH/c18-17(19,20)24-16-12-8-4-5-9-21(11-6-2-1-3-7-11)13(12)10-14(22)15(16)23;/h1-3,6-7,10,22-23H,4-5,8-9H2;1H. The summed E-state index contributed by atoms with van der Waals surface area (Å²) < 4.78 is 38.7. The summed E-state index contributed by atoms with van der Waals surface area (Å²) in [5.41, 5.74) is -2.76. The second-order valence-corrected chi connectivity index (χ2v) is 6.64. The minimum atomic E-state index is -4.54. The van der Waals surface area contributed by atoms with E-state index in [1.54, 1.807) is 0 Å². The van der Waals surface area contributed by atoms with Crippen LogP contribution in [0.3, 0.4) is 0 Å². The van der Waals surface area contributed by atoms with Crippen LogP contribution in [-0.4, -0.2) is 22.3 Å². The zero-order valence-electron chi connectivity index (χ0n) is 13.1. The Hall–Kier alpha value is -1.54. The van der Waals surface area contributed by atoms with Crippen molar-refractivity contribution in [3.8, 4) is 11.5 Å². The Morgan fingerprint density at radius 1 is 1.04 bits per heavy atom. The molecule has 0 bridgehead atoms. The molecule has 0 unspecified atom stereocenters. The van der Waals surface area contributed by atoms with Gasteiger partial charge in [0.05, 0.1) is 4.90 Å². The normalized spacial score (nSPS) is 14.4. The van der Waals surface area contributed by atoms with Crippen molar-refractivity contribution in [1.82, 2.24) is 0 Å². The fourth-order valence-electron chi connectivity index (χ4n) is 2.94. The van der Waals surface area contributed by atoms with E-state index < -0.39 is 17.0 Å². The summed E-state index contributed by atoms with van der Waals surface area (Å²) in [7, 11) is 0. The molecule has 2 aromatic carbocycles. The molecule has 25 heavy (non-hydrogen) atoms. The monoisotopic (exact) mass is 435 g/mol. The quantitative estimate of drug-likeness (QED) is 0.464. The third-order valence-corrected chi connectivity index (χ3v) is 4.82. The molecular weight excluding hydrogens is 419 g/mol. The molecule has 0 amide bonds. The topological polar surface area (TPSA) is 43.7 Å². The highest BCUT2D eigenvalue weighted by molar-refractivity contribution is 8.93. The van der Waals surface area contributed by atoms with Crippen LogP contribution in [0, 0.1) is 0 Å². The number of para-hydroxylation sites is 1. The predicted molar refractivity (Wildman–Crippen MR) is 98.4 cm³/mol.